The van der Waals surface area contributed by atoms with Gasteiger partial charge in [0.1, 0.15) is 0 Å². The van der Waals surface area contributed by atoms with Crippen LogP contribution in [-0.2, 0) is 0 Å². The van der Waals surface area contributed by atoms with E-state index in [1.807, 2.05) is 0 Å². The summed E-state index contributed by atoms with van der Waals surface area (Å²) in [4.78, 5) is 0. The predicted molar refractivity (Wildman–Crippen MR) is 51.4 cm³/mol. The molecule has 0 aromatic heterocycles. The Balaban J connectivity index is 3.80. The fourth-order valence-electron chi connectivity index (χ4n) is 0.885. The molecular weight excluding hydrogens is 134 g/mol. The molecule has 1 unspecified atom stereocenters. The Bertz CT molecular complexity index is 116. The maximum absolute atomic E-state index is 3.63. The Morgan fingerprint density at radius 1 is 1.55 bits per heavy atom. The van der Waals surface area contributed by atoms with Gasteiger partial charge in [0.05, 0.1) is 0 Å². The summed E-state index contributed by atoms with van der Waals surface area (Å²) in [5, 5.41) is 3.15. The zero-order valence-electron chi connectivity index (χ0n) is 8.28. The average Bonchev–Trinajstić information content (AvgIpc) is 2.00. The molecule has 0 bridgehead atoms. The highest BCUT2D eigenvalue weighted by molar-refractivity contribution is 4.77. The Kier molecular flexibility index (Phi) is 4.24. The van der Waals surface area contributed by atoms with Gasteiger partial charge in [0.15, 0.2) is 0 Å². The highest BCUT2D eigenvalue weighted by Crippen LogP contribution is 2.29. The maximum Gasteiger partial charge on any atom is 0.0172 e. The minimum absolute atomic E-state index is 0.440. The molecule has 0 aliphatic heterocycles. The summed E-state index contributed by atoms with van der Waals surface area (Å²) in [6.45, 7) is 13.8. The molecule has 11 heavy (non-hydrogen) atoms. The monoisotopic (exact) mass is 155 g/mol. The molecule has 0 aliphatic rings. The van der Waals surface area contributed by atoms with Gasteiger partial charge < -0.3 is 5.32 Å². The zero-order valence-corrected chi connectivity index (χ0v) is 8.28. The lowest BCUT2D eigenvalue weighted by atomic mass is 9.78. The Morgan fingerprint density at radius 3 is 2.45 bits per heavy atom. The van der Waals surface area contributed by atoms with Crippen molar-refractivity contribution in [2.24, 2.45) is 11.3 Å². The summed E-state index contributed by atoms with van der Waals surface area (Å²) in [5.41, 5.74) is 0.440. The molecule has 0 saturated heterocycles. The third-order valence-corrected chi connectivity index (χ3v) is 2.81. The number of hydrogen-bond acceptors (Lipinski definition) is 1. The summed E-state index contributed by atoms with van der Waals surface area (Å²) >= 11 is 0. The molecule has 1 N–H and O–H groups in total. The minimum Gasteiger partial charge on any atom is -0.391 e. The first-order chi connectivity index (χ1) is 5.04. The van der Waals surface area contributed by atoms with Gasteiger partial charge in [-0.15, -0.1) is 0 Å². The Labute approximate surface area is 70.9 Å². The van der Waals surface area contributed by atoms with Crippen molar-refractivity contribution < 1.29 is 0 Å². The van der Waals surface area contributed by atoms with Crippen molar-refractivity contribution in [3.63, 3.8) is 0 Å². The minimum atomic E-state index is 0.440. The van der Waals surface area contributed by atoms with Crippen molar-refractivity contribution in [1.29, 1.82) is 0 Å². The molecular formula is C10H21N. The van der Waals surface area contributed by atoms with Gasteiger partial charge in [0, 0.05) is 6.54 Å². The van der Waals surface area contributed by atoms with E-state index in [1.54, 1.807) is 6.20 Å². The van der Waals surface area contributed by atoms with E-state index >= 15 is 0 Å². The van der Waals surface area contributed by atoms with Gasteiger partial charge in [-0.25, -0.2) is 0 Å². The summed E-state index contributed by atoms with van der Waals surface area (Å²) < 4.78 is 0. The summed E-state index contributed by atoms with van der Waals surface area (Å²) in [6, 6.07) is 0. The number of rotatable bonds is 5. The first kappa shape index (κ1) is 10.5. The van der Waals surface area contributed by atoms with Crippen molar-refractivity contribution in [1.82, 2.24) is 5.32 Å². The second kappa shape index (κ2) is 4.42. The third-order valence-electron chi connectivity index (χ3n) is 2.81. The first-order valence-corrected chi connectivity index (χ1v) is 4.39. The molecule has 0 heterocycles. The maximum atomic E-state index is 3.63. The van der Waals surface area contributed by atoms with Crippen LogP contribution in [0.5, 0.6) is 0 Å². The van der Waals surface area contributed by atoms with Crippen LogP contribution in [0.2, 0.25) is 0 Å². The molecule has 0 fully saturated rings. The molecule has 1 nitrogen and oxygen atoms in total. The topological polar surface area (TPSA) is 12.0 Å². The van der Waals surface area contributed by atoms with Crippen molar-refractivity contribution in [2.45, 2.75) is 34.1 Å². The molecule has 0 radical (unpaired) electrons. The molecule has 0 rings (SSSR count). The summed E-state index contributed by atoms with van der Waals surface area (Å²) in [5.74, 6) is 0.700. The molecule has 0 aromatic carbocycles. The van der Waals surface area contributed by atoms with E-state index < -0.39 is 0 Å². The van der Waals surface area contributed by atoms with Gasteiger partial charge in [0.2, 0.25) is 0 Å². The van der Waals surface area contributed by atoms with Gasteiger partial charge in [-0.3, -0.25) is 0 Å². The van der Waals surface area contributed by atoms with Crippen LogP contribution in [0.1, 0.15) is 34.1 Å². The van der Waals surface area contributed by atoms with Gasteiger partial charge in [-0.2, -0.15) is 0 Å². The van der Waals surface area contributed by atoms with E-state index in [4.69, 9.17) is 0 Å². The second-order valence-electron chi connectivity index (χ2n) is 3.86. The fraction of sp³-hybridized carbons (Fsp3) is 0.800. The van der Waals surface area contributed by atoms with E-state index in [0.717, 1.165) is 6.54 Å². The zero-order chi connectivity index (χ0) is 8.91. The fourth-order valence-corrected chi connectivity index (χ4v) is 0.885. The molecule has 0 aromatic rings. The van der Waals surface area contributed by atoms with Crippen LogP contribution < -0.4 is 5.32 Å². The molecule has 1 atom stereocenters. The molecule has 0 aliphatic carbocycles. The van der Waals surface area contributed by atoms with Crippen molar-refractivity contribution >= 4 is 0 Å². The predicted octanol–water partition coefficient (Wildman–Crippen LogP) is 2.79. The molecule has 0 amide bonds. The van der Waals surface area contributed by atoms with Gasteiger partial charge in [0.25, 0.3) is 0 Å². The molecule has 0 spiro atoms. The van der Waals surface area contributed by atoms with Crippen LogP contribution in [0.25, 0.3) is 0 Å². The molecule has 66 valence electrons. The first-order valence-electron chi connectivity index (χ1n) is 4.39. The largest absolute Gasteiger partial charge is 0.391 e. The van der Waals surface area contributed by atoms with Gasteiger partial charge in [-0.05, 0) is 17.5 Å². The lowest BCUT2D eigenvalue weighted by Crippen LogP contribution is -2.28. The van der Waals surface area contributed by atoms with E-state index in [2.05, 4.69) is 39.6 Å². The van der Waals surface area contributed by atoms with Crippen molar-refractivity contribution in [3.05, 3.63) is 12.8 Å². The van der Waals surface area contributed by atoms with Crippen LogP contribution in [-0.4, -0.2) is 6.54 Å². The Hall–Kier alpha value is -0.460. The van der Waals surface area contributed by atoms with Crippen LogP contribution in [0.15, 0.2) is 12.8 Å². The normalized spacial score (nSPS) is 14.2. The van der Waals surface area contributed by atoms with Crippen molar-refractivity contribution in [2.75, 3.05) is 6.54 Å². The third kappa shape index (κ3) is 3.45. The quantitative estimate of drug-likeness (QED) is 0.643. The van der Waals surface area contributed by atoms with Crippen LogP contribution in [0.4, 0.5) is 0 Å². The van der Waals surface area contributed by atoms with Gasteiger partial charge >= 0.3 is 0 Å². The molecule has 1 heteroatoms. The van der Waals surface area contributed by atoms with Crippen LogP contribution >= 0.6 is 0 Å². The van der Waals surface area contributed by atoms with Crippen LogP contribution in [0, 0.1) is 11.3 Å². The van der Waals surface area contributed by atoms with Gasteiger partial charge in [-0.1, -0.05) is 40.7 Å². The SMILES string of the molecule is C=CNCC(C)C(C)(C)CC. The van der Waals surface area contributed by atoms with Crippen molar-refractivity contribution in [3.8, 4) is 0 Å². The average molecular weight is 155 g/mol. The van der Waals surface area contributed by atoms with E-state index in [0.29, 0.717) is 11.3 Å². The summed E-state index contributed by atoms with van der Waals surface area (Å²) in [6.07, 6.45) is 3.00. The van der Waals surface area contributed by atoms with Crippen LogP contribution in [0.3, 0.4) is 0 Å². The number of nitrogens with one attached hydrogen (secondary N) is 1. The second-order valence-corrected chi connectivity index (χ2v) is 3.86. The standard InChI is InChI=1S/C10H21N/c1-6-10(4,5)9(3)8-11-7-2/h7,9,11H,2,6,8H2,1,3-5H3. The smallest absolute Gasteiger partial charge is 0.0172 e. The lowest BCUT2D eigenvalue weighted by molar-refractivity contribution is 0.221. The number of hydrogen-bond donors (Lipinski definition) is 1. The van der Waals surface area contributed by atoms with E-state index in [9.17, 15) is 0 Å². The lowest BCUT2D eigenvalue weighted by Gasteiger charge is -2.30. The summed E-state index contributed by atoms with van der Waals surface area (Å²) in [7, 11) is 0. The Morgan fingerprint density at radius 2 is 2.09 bits per heavy atom. The van der Waals surface area contributed by atoms with E-state index in [1.165, 1.54) is 6.42 Å². The highest BCUT2D eigenvalue weighted by Gasteiger charge is 2.22. The molecule has 0 saturated carbocycles. The highest BCUT2D eigenvalue weighted by atomic mass is 14.8. The van der Waals surface area contributed by atoms with E-state index in [-0.39, 0.29) is 0 Å².